The van der Waals surface area contributed by atoms with Crippen LogP contribution in [0.5, 0.6) is 11.5 Å². The van der Waals surface area contributed by atoms with Gasteiger partial charge in [0.1, 0.15) is 17.1 Å². The number of carbonyl (C=O) groups is 4. The van der Waals surface area contributed by atoms with Crippen LogP contribution in [0.2, 0.25) is 0 Å². The van der Waals surface area contributed by atoms with Crippen LogP contribution in [-0.2, 0) is 27.2 Å². The summed E-state index contributed by atoms with van der Waals surface area (Å²) < 4.78 is 0. The first-order valence-electron chi connectivity index (χ1n) is 12.9. The number of amides is 2. The van der Waals surface area contributed by atoms with Gasteiger partial charge in [-0.3, -0.25) is 24.1 Å². The number of Topliss-reactive ketones (excluding diaryl/α,β-unsaturated/α-hetero) is 2. The van der Waals surface area contributed by atoms with Gasteiger partial charge in [0, 0.05) is 5.92 Å². The zero-order valence-corrected chi connectivity index (χ0v) is 22.6. The van der Waals surface area contributed by atoms with Gasteiger partial charge in [-0.05, 0) is 55.6 Å². The van der Waals surface area contributed by atoms with Crippen molar-refractivity contribution < 1.29 is 39.6 Å². The third kappa shape index (κ3) is 4.04. The second-order valence-corrected chi connectivity index (χ2v) is 10.7. The van der Waals surface area contributed by atoms with Gasteiger partial charge in [0.05, 0.1) is 29.1 Å². The number of hydrogen-bond acceptors (Lipinski definition) is 9. The van der Waals surface area contributed by atoms with Gasteiger partial charge in [-0.15, -0.1) is 0 Å². The molecular weight excluding hydrogens is 530 g/mol. The molecule has 212 valence electrons. The van der Waals surface area contributed by atoms with Crippen molar-refractivity contribution in [2.45, 2.75) is 31.4 Å². The highest BCUT2D eigenvalue weighted by Crippen LogP contribution is 2.51. The molecule has 0 spiro atoms. The molecule has 2 aliphatic carbocycles. The number of hydrogen-bond donors (Lipinski definition) is 6. The van der Waals surface area contributed by atoms with E-state index in [4.69, 9.17) is 5.73 Å². The van der Waals surface area contributed by atoms with E-state index in [0.29, 0.717) is 16.5 Å². The lowest BCUT2D eigenvalue weighted by atomic mass is 9.61. The van der Waals surface area contributed by atoms with Crippen LogP contribution in [0.25, 0.3) is 10.8 Å². The van der Waals surface area contributed by atoms with Crippen molar-refractivity contribution in [3.05, 3.63) is 76.1 Å². The van der Waals surface area contributed by atoms with Gasteiger partial charge < -0.3 is 31.5 Å². The summed E-state index contributed by atoms with van der Waals surface area (Å²) in [6.45, 7) is 1.66. The number of carbonyl (C=O) groups excluding carboxylic acids is 4. The van der Waals surface area contributed by atoms with Crippen LogP contribution < -0.4 is 11.1 Å². The molecule has 3 atom stereocenters. The van der Waals surface area contributed by atoms with Crippen LogP contribution in [-0.4, -0.2) is 74.4 Å². The average Bonchev–Trinajstić information content (AvgIpc) is 2.90. The second kappa shape index (κ2) is 9.72. The summed E-state index contributed by atoms with van der Waals surface area (Å²) in [5.74, 6) is -7.29. The van der Waals surface area contributed by atoms with Crippen LogP contribution in [0.15, 0.2) is 53.8 Å². The molecule has 0 aliphatic heterocycles. The Morgan fingerprint density at radius 1 is 1.05 bits per heavy atom. The summed E-state index contributed by atoms with van der Waals surface area (Å²) in [5.41, 5.74) is 2.86. The highest BCUT2D eigenvalue weighted by Gasteiger charge is 2.62. The van der Waals surface area contributed by atoms with E-state index >= 15 is 0 Å². The zero-order chi connectivity index (χ0) is 30.0. The molecule has 3 aromatic carbocycles. The number of ketones is 2. The second-order valence-electron chi connectivity index (χ2n) is 10.7. The monoisotopic (exact) mass is 559 g/mol. The number of aliphatic hydroxyl groups excluding tert-OH is 1. The van der Waals surface area contributed by atoms with E-state index in [1.165, 1.54) is 25.1 Å². The van der Waals surface area contributed by atoms with Crippen LogP contribution in [0.1, 0.15) is 27.0 Å². The molecule has 11 nitrogen and oxygen atoms in total. The summed E-state index contributed by atoms with van der Waals surface area (Å²) in [5, 5.41) is 48.0. The molecule has 11 heteroatoms. The summed E-state index contributed by atoms with van der Waals surface area (Å²) >= 11 is 0. The molecule has 41 heavy (non-hydrogen) atoms. The van der Waals surface area contributed by atoms with Crippen molar-refractivity contribution in [1.29, 1.82) is 0 Å². The molecule has 7 N–H and O–H groups in total. The minimum Gasteiger partial charge on any atom is -0.508 e. The molecule has 2 amide bonds. The number of rotatable bonds is 5. The van der Waals surface area contributed by atoms with Crippen LogP contribution in [0.4, 0.5) is 5.69 Å². The van der Waals surface area contributed by atoms with E-state index in [-0.39, 0.29) is 29.5 Å². The molecule has 0 fully saturated rings. The van der Waals surface area contributed by atoms with Gasteiger partial charge in [-0.25, -0.2) is 0 Å². The first kappa shape index (κ1) is 27.8. The number of benzene rings is 3. The zero-order valence-electron chi connectivity index (χ0n) is 22.6. The number of anilines is 1. The Bertz CT molecular complexity index is 1700. The number of nitrogens with two attached hydrogens (primary N) is 1. The third-order valence-corrected chi connectivity index (χ3v) is 8.12. The largest absolute Gasteiger partial charge is 0.508 e. The molecule has 0 heterocycles. The summed E-state index contributed by atoms with van der Waals surface area (Å²) in [7, 11) is 3.06. The molecule has 3 aromatic rings. The van der Waals surface area contributed by atoms with Crippen molar-refractivity contribution >= 4 is 39.8 Å². The number of phenols is 2. The molecule has 2 aliphatic rings. The molecule has 0 radical (unpaired) electrons. The fraction of sp³-hybridized carbons (Fsp3) is 0.267. The SMILES string of the molecule is Cc1c2c(c(O)c3c(O)c(NC(=O)Cc4ccccc4)ccc13)C(=O)[C@]1(O)C(O)=C(C(N)=O)C(=O)[C@@H](N(C)C)[C@@H]1C2. The van der Waals surface area contributed by atoms with Gasteiger partial charge in [-0.1, -0.05) is 36.4 Å². The Kier molecular flexibility index (Phi) is 6.59. The summed E-state index contributed by atoms with van der Waals surface area (Å²) in [4.78, 5) is 53.4. The number of fused-ring (bicyclic) bond motifs is 3. The number of phenolic OH excluding ortho intramolecular Hbond substituents is 2. The van der Waals surface area contributed by atoms with E-state index in [1.807, 2.05) is 6.07 Å². The topological polar surface area (TPSA) is 190 Å². The Morgan fingerprint density at radius 3 is 2.32 bits per heavy atom. The number of likely N-dealkylation sites (N-methyl/N-ethyl adjacent to an activating group) is 1. The maximum atomic E-state index is 14.0. The molecule has 0 saturated carbocycles. The van der Waals surface area contributed by atoms with Crippen molar-refractivity contribution in [3.8, 4) is 11.5 Å². The molecular formula is C30H29N3O8. The lowest BCUT2D eigenvalue weighted by molar-refractivity contribution is -0.132. The normalized spacial score (nSPS) is 22.1. The molecule has 0 aromatic heterocycles. The Hall–Kier alpha value is -4.74. The molecule has 0 bridgehead atoms. The van der Waals surface area contributed by atoms with Gasteiger partial charge in [0.2, 0.25) is 11.7 Å². The van der Waals surface area contributed by atoms with Gasteiger partial charge >= 0.3 is 0 Å². The maximum absolute atomic E-state index is 14.0. The number of aryl methyl sites for hydroxylation is 1. The van der Waals surface area contributed by atoms with Crippen LogP contribution >= 0.6 is 0 Å². The first-order chi connectivity index (χ1) is 19.3. The summed E-state index contributed by atoms with van der Waals surface area (Å²) in [6, 6.07) is 10.8. The van der Waals surface area contributed by atoms with Crippen LogP contribution in [0.3, 0.4) is 0 Å². The average molecular weight is 560 g/mol. The minimum atomic E-state index is -2.76. The Morgan fingerprint density at radius 2 is 1.71 bits per heavy atom. The highest BCUT2D eigenvalue weighted by molar-refractivity contribution is 6.25. The number of primary amides is 1. The highest BCUT2D eigenvalue weighted by atomic mass is 16.3. The lowest BCUT2D eigenvalue weighted by Crippen LogP contribution is -2.64. The van der Waals surface area contributed by atoms with E-state index in [0.717, 1.165) is 5.56 Å². The van der Waals surface area contributed by atoms with Crippen molar-refractivity contribution in [1.82, 2.24) is 4.90 Å². The van der Waals surface area contributed by atoms with Gasteiger partial charge in [0.25, 0.3) is 5.91 Å². The predicted molar refractivity (Wildman–Crippen MR) is 149 cm³/mol. The van der Waals surface area contributed by atoms with Gasteiger partial charge in [-0.2, -0.15) is 0 Å². The number of aromatic hydroxyl groups is 2. The maximum Gasteiger partial charge on any atom is 0.255 e. The number of nitrogens with zero attached hydrogens (tertiary/aromatic N) is 1. The quantitative estimate of drug-likeness (QED) is 0.199. The fourth-order valence-electron chi connectivity index (χ4n) is 6.16. The van der Waals surface area contributed by atoms with E-state index in [1.54, 1.807) is 37.3 Å². The van der Waals surface area contributed by atoms with Crippen molar-refractivity contribution in [2.75, 3.05) is 19.4 Å². The molecule has 5 rings (SSSR count). The molecule has 0 saturated heterocycles. The van der Waals surface area contributed by atoms with Crippen molar-refractivity contribution in [3.63, 3.8) is 0 Å². The van der Waals surface area contributed by atoms with Crippen molar-refractivity contribution in [2.24, 2.45) is 11.7 Å². The van der Waals surface area contributed by atoms with E-state index in [2.05, 4.69) is 5.32 Å². The van der Waals surface area contributed by atoms with E-state index < -0.39 is 63.8 Å². The first-order valence-corrected chi connectivity index (χ1v) is 12.9. The third-order valence-electron chi connectivity index (χ3n) is 8.12. The lowest BCUT2D eigenvalue weighted by Gasteiger charge is -2.47. The number of nitrogens with one attached hydrogen (secondary N) is 1. The summed E-state index contributed by atoms with van der Waals surface area (Å²) in [6.07, 6.45) is -0.103. The Labute approximate surface area is 234 Å². The smallest absolute Gasteiger partial charge is 0.255 e. The molecule has 0 unspecified atom stereocenters. The minimum absolute atomic E-state index is 0.0115. The predicted octanol–water partition coefficient (Wildman–Crippen LogP) is 1.64. The standard InChI is InChI=1S/C30H29N3O8/c1-13-15-9-10-18(32-19(34)11-14-7-5-4-6-8-14)24(35)20(15)25(36)21-16(13)12-17-23(33(2)3)26(37)22(29(31)40)28(39)30(17,41)27(21)38/h4-10,17,23,35-36,39,41H,11-12H2,1-3H3,(H2,31,40)(H,32,34)/t17-,23-,30-/m0/s1. The Balaban J connectivity index is 1.67. The van der Waals surface area contributed by atoms with Gasteiger partial charge in [0.15, 0.2) is 17.1 Å². The number of aliphatic hydroxyl groups is 2. The van der Waals surface area contributed by atoms with E-state index in [9.17, 15) is 39.6 Å². The van der Waals surface area contributed by atoms with Crippen LogP contribution in [0, 0.1) is 12.8 Å². The fourth-order valence-corrected chi connectivity index (χ4v) is 6.16.